The van der Waals surface area contributed by atoms with E-state index in [-0.39, 0.29) is 40.4 Å². The van der Waals surface area contributed by atoms with Crippen LogP contribution in [0.3, 0.4) is 0 Å². The van der Waals surface area contributed by atoms with Gasteiger partial charge in [0.05, 0.1) is 24.2 Å². The van der Waals surface area contributed by atoms with Gasteiger partial charge in [-0.2, -0.15) is 0 Å². The highest BCUT2D eigenvalue weighted by molar-refractivity contribution is 8.01. The molecule has 3 aliphatic heterocycles. The lowest BCUT2D eigenvalue weighted by Gasteiger charge is -2.20. The quantitative estimate of drug-likeness (QED) is 0.584. The van der Waals surface area contributed by atoms with E-state index in [1.165, 1.54) is 7.11 Å². The highest BCUT2D eigenvalue weighted by Crippen LogP contribution is 2.58. The Kier molecular flexibility index (Phi) is 1.63. The van der Waals surface area contributed by atoms with E-state index < -0.39 is 0 Å². The lowest BCUT2D eigenvalue weighted by Crippen LogP contribution is -2.36. The Morgan fingerprint density at radius 2 is 2.43 bits per heavy atom. The largest absolute Gasteiger partial charge is 0.469 e. The van der Waals surface area contributed by atoms with Crippen molar-refractivity contribution in [2.45, 2.75) is 23.0 Å². The Labute approximate surface area is 85.3 Å². The van der Waals surface area contributed by atoms with Crippen LogP contribution in [-0.2, 0) is 19.1 Å². The first kappa shape index (κ1) is 8.59. The van der Waals surface area contributed by atoms with Crippen LogP contribution in [0, 0.1) is 11.8 Å². The van der Waals surface area contributed by atoms with Gasteiger partial charge in [-0.3, -0.25) is 9.59 Å². The van der Waals surface area contributed by atoms with Gasteiger partial charge in [0.1, 0.15) is 6.10 Å². The number of hydrogen-bond donors (Lipinski definition) is 0. The van der Waals surface area contributed by atoms with Crippen LogP contribution in [0.4, 0.5) is 0 Å². The predicted octanol–water partition coefficient (Wildman–Crippen LogP) is 0.205. The Morgan fingerprint density at radius 3 is 3.14 bits per heavy atom. The highest BCUT2D eigenvalue weighted by atomic mass is 32.2. The molecule has 3 saturated heterocycles. The molecule has 0 saturated carbocycles. The lowest BCUT2D eigenvalue weighted by atomic mass is 9.80. The van der Waals surface area contributed by atoms with Gasteiger partial charge >= 0.3 is 11.9 Å². The molecule has 0 amide bonds. The molecule has 14 heavy (non-hydrogen) atoms. The van der Waals surface area contributed by atoms with Crippen molar-refractivity contribution in [3.63, 3.8) is 0 Å². The molecule has 5 atom stereocenters. The summed E-state index contributed by atoms with van der Waals surface area (Å²) in [6, 6.07) is 0. The Hall–Kier alpha value is -0.710. The summed E-state index contributed by atoms with van der Waals surface area (Å²) in [5.74, 6) is -0.965. The summed E-state index contributed by atoms with van der Waals surface area (Å²) < 4.78 is 9.92. The SMILES string of the molecule is COC(=O)C1C2CC3OC(=O)C1C3S2. The van der Waals surface area contributed by atoms with Crippen molar-refractivity contribution in [3.05, 3.63) is 0 Å². The van der Waals surface area contributed by atoms with Gasteiger partial charge < -0.3 is 9.47 Å². The molecule has 5 unspecified atom stereocenters. The zero-order valence-corrected chi connectivity index (χ0v) is 8.45. The monoisotopic (exact) mass is 214 g/mol. The molecule has 0 aliphatic carbocycles. The van der Waals surface area contributed by atoms with E-state index in [9.17, 15) is 9.59 Å². The van der Waals surface area contributed by atoms with E-state index in [4.69, 9.17) is 9.47 Å². The molecule has 0 aromatic heterocycles. The summed E-state index contributed by atoms with van der Waals surface area (Å²) in [5.41, 5.74) is 0. The van der Waals surface area contributed by atoms with Crippen molar-refractivity contribution in [1.82, 2.24) is 0 Å². The summed E-state index contributed by atoms with van der Waals surface area (Å²) >= 11 is 1.72. The predicted molar refractivity (Wildman–Crippen MR) is 48.7 cm³/mol. The maximum absolute atomic E-state index is 11.5. The summed E-state index contributed by atoms with van der Waals surface area (Å²) in [6.07, 6.45) is 0.876. The molecular weight excluding hydrogens is 204 g/mol. The van der Waals surface area contributed by atoms with Crippen molar-refractivity contribution in [2.24, 2.45) is 11.8 Å². The lowest BCUT2D eigenvalue weighted by molar-refractivity contribution is -0.152. The molecule has 5 heteroatoms. The van der Waals surface area contributed by atoms with E-state index in [2.05, 4.69) is 0 Å². The van der Waals surface area contributed by atoms with Gasteiger partial charge in [-0.25, -0.2) is 0 Å². The van der Waals surface area contributed by atoms with Gasteiger partial charge in [0, 0.05) is 5.25 Å². The van der Waals surface area contributed by atoms with Crippen molar-refractivity contribution >= 4 is 23.7 Å². The van der Waals surface area contributed by atoms with E-state index in [1.807, 2.05) is 0 Å². The topological polar surface area (TPSA) is 52.6 Å². The van der Waals surface area contributed by atoms with Crippen LogP contribution in [0.1, 0.15) is 6.42 Å². The highest BCUT2D eigenvalue weighted by Gasteiger charge is 2.65. The summed E-state index contributed by atoms with van der Waals surface area (Å²) in [6.45, 7) is 0. The van der Waals surface area contributed by atoms with Gasteiger partial charge in [-0.1, -0.05) is 0 Å². The standard InChI is InChI=1S/C9H10O4S/c1-12-8(10)5-4-2-3-7(14-4)6(5)9(11)13-3/h3-7H,2H2,1H3. The molecule has 0 N–H and O–H groups in total. The molecule has 0 spiro atoms. The molecule has 0 aromatic rings. The first-order chi connectivity index (χ1) is 6.72. The number of esters is 2. The van der Waals surface area contributed by atoms with Gasteiger partial charge in [-0.15, -0.1) is 11.8 Å². The van der Waals surface area contributed by atoms with Crippen LogP contribution >= 0.6 is 11.8 Å². The third-order valence-electron chi connectivity index (χ3n) is 3.32. The van der Waals surface area contributed by atoms with Crippen LogP contribution < -0.4 is 0 Å². The number of rotatable bonds is 1. The second-order valence-corrected chi connectivity index (χ2v) is 5.35. The molecule has 2 bridgehead atoms. The minimum atomic E-state index is -0.263. The van der Waals surface area contributed by atoms with Crippen LogP contribution in [-0.4, -0.2) is 35.7 Å². The Bertz CT molecular complexity index is 314. The average Bonchev–Trinajstić information content (AvgIpc) is 2.75. The summed E-state index contributed by atoms with van der Waals surface area (Å²) in [4.78, 5) is 23.0. The molecule has 0 aromatic carbocycles. The second-order valence-electron chi connectivity index (χ2n) is 3.92. The fraction of sp³-hybridized carbons (Fsp3) is 0.778. The molecular formula is C9H10O4S. The fourth-order valence-electron chi connectivity index (χ4n) is 2.75. The number of carbonyl (C=O) groups is 2. The number of hydrogen-bond acceptors (Lipinski definition) is 5. The molecule has 3 heterocycles. The van der Waals surface area contributed by atoms with Crippen LogP contribution in [0.2, 0.25) is 0 Å². The van der Waals surface area contributed by atoms with Crippen molar-refractivity contribution in [3.8, 4) is 0 Å². The third-order valence-corrected chi connectivity index (χ3v) is 5.06. The smallest absolute Gasteiger partial charge is 0.311 e. The Balaban J connectivity index is 1.95. The molecule has 0 radical (unpaired) electrons. The summed E-state index contributed by atoms with van der Waals surface area (Å²) in [5, 5.41) is 0.436. The van der Waals surface area contributed by atoms with E-state index >= 15 is 0 Å². The Morgan fingerprint density at radius 1 is 1.64 bits per heavy atom. The first-order valence-electron chi connectivity index (χ1n) is 4.66. The van der Waals surface area contributed by atoms with Gasteiger partial charge in [0.15, 0.2) is 0 Å². The number of ether oxygens (including phenoxy) is 2. The fourth-order valence-corrected chi connectivity index (χ4v) is 4.69. The van der Waals surface area contributed by atoms with Crippen molar-refractivity contribution in [2.75, 3.05) is 7.11 Å². The van der Waals surface area contributed by atoms with Gasteiger partial charge in [0.2, 0.25) is 0 Å². The molecule has 76 valence electrons. The minimum Gasteiger partial charge on any atom is -0.469 e. The minimum absolute atomic E-state index is 0.0587. The van der Waals surface area contributed by atoms with E-state index in [0.717, 1.165) is 6.42 Å². The second kappa shape index (κ2) is 2.66. The molecule has 3 aliphatic rings. The van der Waals surface area contributed by atoms with Crippen LogP contribution in [0.25, 0.3) is 0 Å². The average molecular weight is 214 g/mol. The van der Waals surface area contributed by atoms with Crippen LogP contribution in [0.5, 0.6) is 0 Å². The van der Waals surface area contributed by atoms with Crippen molar-refractivity contribution in [1.29, 1.82) is 0 Å². The van der Waals surface area contributed by atoms with E-state index in [0.29, 0.717) is 0 Å². The van der Waals surface area contributed by atoms with E-state index in [1.54, 1.807) is 11.8 Å². The van der Waals surface area contributed by atoms with Crippen LogP contribution in [0.15, 0.2) is 0 Å². The molecule has 3 rings (SSSR count). The molecule has 3 fully saturated rings. The normalized spacial score (nSPS) is 48.1. The van der Waals surface area contributed by atoms with Gasteiger partial charge in [0.25, 0.3) is 0 Å². The molecule has 4 nitrogen and oxygen atoms in total. The zero-order chi connectivity index (χ0) is 9.87. The number of fused-ring (bicyclic) bond motifs is 1. The number of methoxy groups -OCH3 is 1. The van der Waals surface area contributed by atoms with Gasteiger partial charge in [-0.05, 0) is 6.42 Å². The van der Waals surface area contributed by atoms with Crippen molar-refractivity contribution < 1.29 is 19.1 Å². The summed E-state index contributed by atoms with van der Waals surface area (Å²) in [7, 11) is 1.37. The number of thioether (sulfide) groups is 1. The third kappa shape index (κ3) is 0.860. The number of carbonyl (C=O) groups excluding carboxylic acids is 2. The maximum Gasteiger partial charge on any atom is 0.311 e. The maximum atomic E-state index is 11.5. The first-order valence-corrected chi connectivity index (χ1v) is 5.60. The zero-order valence-electron chi connectivity index (χ0n) is 7.64.